The molecule has 1 aliphatic heterocycles. The Hall–Kier alpha value is -1.60. The highest BCUT2D eigenvalue weighted by Gasteiger charge is 2.23. The number of rotatable bonds is 1. The van der Waals surface area contributed by atoms with Gasteiger partial charge in [0.1, 0.15) is 11.9 Å². The minimum atomic E-state index is 0.459. The Morgan fingerprint density at radius 3 is 3.17 bits per heavy atom. The second kappa shape index (κ2) is 4.58. The van der Waals surface area contributed by atoms with Gasteiger partial charge in [-0.05, 0) is 37.8 Å². The maximum Gasteiger partial charge on any atom is 0.146 e. The SMILES string of the molecule is CC1CN(c2nc3c(cc2C#N)CCC3)CCN1. The Balaban J connectivity index is 1.98. The van der Waals surface area contributed by atoms with Crippen LogP contribution in [0, 0.1) is 11.3 Å². The summed E-state index contributed by atoms with van der Waals surface area (Å²) in [7, 11) is 0. The van der Waals surface area contributed by atoms with Crippen molar-refractivity contribution in [1.82, 2.24) is 10.3 Å². The quantitative estimate of drug-likeness (QED) is 0.805. The van der Waals surface area contributed by atoms with Crippen LogP contribution in [0.2, 0.25) is 0 Å². The molecule has 1 aromatic heterocycles. The van der Waals surface area contributed by atoms with E-state index in [2.05, 4.69) is 29.3 Å². The third-order valence-electron chi connectivity index (χ3n) is 3.82. The molecule has 1 unspecified atom stereocenters. The first kappa shape index (κ1) is 11.5. The fourth-order valence-corrected chi connectivity index (χ4v) is 2.91. The van der Waals surface area contributed by atoms with Crippen molar-refractivity contribution in [2.75, 3.05) is 24.5 Å². The Labute approximate surface area is 108 Å². The molecule has 3 rings (SSSR count). The van der Waals surface area contributed by atoms with E-state index in [0.29, 0.717) is 6.04 Å². The number of aromatic nitrogens is 1. The van der Waals surface area contributed by atoms with Crippen LogP contribution >= 0.6 is 0 Å². The van der Waals surface area contributed by atoms with E-state index in [1.54, 1.807) is 0 Å². The Bertz CT molecular complexity index is 503. The first-order valence-corrected chi connectivity index (χ1v) is 6.69. The third-order valence-corrected chi connectivity index (χ3v) is 3.82. The van der Waals surface area contributed by atoms with E-state index in [1.807, 2.05) is 0 Å². The highest BCUT2D eigenvalue weighted by molar-refractivity contribution is 5.57. The average molecular weight is 242 g/mol. The maximum absolute atomic E-state index is 9.31. The van der Waals surface area contributed by atoms with E-state index in [1.165, 1.54) is 17.7 Å². The molecule has 2 aliphatic rings. The van der Waals surface area contributed by atoms with Crippen molar-refractivity contribution in [2.24, 2.45) is 0 Å². The fourth-order valence-electron chi connectivity index (χ4n) is 2.91. The molecule has 0 radical (unpaired) electrons. The van der Waals surface area contributed by atoms with Crippen molar-refractivity contribution in [3.05, 3.63) is 22.9 Å². The molecule has 0 saturated carbocycles. The number of piperazine rings is 1. The molecule has 0 aromatic carbocycles. The predicted octanol–water partition coefficient (Wildman–Crippen LogP) is 1.24. The molecule has 1 aliphatic carbocycles. The van der Waals surface area contributed by atoms with Gasteiger partial charge in [0, 0.05) is 31.4 Å². The summed E-state index contributed by atoms with van der Waals surface area (Å²) in [6.45, 7) is 5.00. The summed E-state index contributed by atoms with van der Waals surface area (Å²) < 4.78 is 0. The van der Waals surface area contributed by atoms with Gasteiger partial charge in [-0.3, -0.25) is 0 Å². The Morgan fingerprint density at radius 2 is 2.39 bits per heavy atom. The van der Waals surface area contributed by atoms with Gasteiger partial charge in [0.05, 0.1) is 5.56 Å². The van der Waals surface area contributed by atoms with Gasteiger partial charge in [-0.25, -0.2) is 4.98 Å². The minimum Gasteiger partial charge on any atom is -0.353 e. The normalized spacial score (nSPS) is 22.7. The van der Waals surface area contributed by atoms with Gasteiger partial charge in [-0.15, -0.1) is 0 Å². The summed E-state index contributed by atoms with van der Waals surface area (Å²) in [6, 6.07) is 4.82. The first-order valence-electron chi connectivity index (χ1n) is 6.69. The summed E-state index contributed by atoms with van der Waals surface area (Å²) >= 11 is 0. The van der Waals surface area contributed by atoms with Crippen LogP contribution in [0.5, 0.6) is 0 Å². The lowest BCUT2D eigenvalue weighted by Gasteiger charge is -2.33. The lowest BCUT2D eigenvalue weighted by molar-refractivity contribution is 0.482. The van der Waals surface area contributed by atoms with Crippen molar-refractivity contribution in [3.63, 3.8) is 0 Å². The molecule has 4 nitrogen and oxygen atoms in total. The third kappa shape index (κ3) is 1.95. The summed E-state index contributed by atoms with van der Waals surface area (Å²) in [4.78, 5) is 7.01. The molecular weight excluding hydrogens is 224 g/mol. The molecule has 1 atom stereocenters. The number of nitrogens with zero attached hydrogens (tertiary/aromatic N) is 3. The minimum absolute atomic E-state index is 0.459. The van der Waals surface area contributed by atoms with Crippen LogP contribution in [0.15, 0.2) is 6.07 Å². The smallest absolute Gasteiger partial charge is 0.146 e. The highest BCUT2D eigenvalue weighted by atomic mass is 15.2. The second-order valence-electron chi connectivity index (χ2n) is 5.23. The van der Waals surface area contributed by atoms with Crippen LogP contribution in [0.4, 0.5) is 5.82 Å². The molecule has 1 N–H and O–H groups in total. The second-order valence-corrected chi connectivity index (χ2v) is 5.23. The zero-order chi connectivity index (χ0) is 12.5. The van der Waals surface area contributed by atoms with Gasteiger partial charge in [-0.1, -0.05) is 0 Å². The van der Waals surface area contributed by atoms with E-state index in [-0.39, 0.29) is 0 Å². The number of hydrogen-bond donors (Lipinski definition) is 1. The van der Waals surface area contributed by atoms with Gasteiger partial charge in [0.25, 0.3) is 0 Å². The molecule has 94 valence electrons. The summed E-state index contributed by atoms with van der Waals surface area (Å²) in [5.41, 5.74) is 3.22. The molecular formula is C14H18N4. The summed E-state index contributed by atoms with van der Waals surface area (Å²) in [5.74, 6) is 0.895. The van der Waals surface area contributed by atoms with Crippen molar-refractivity contribution in [1.29, 1.82) is 5.26 Å². The molecule has 0 amide bonds. The predicted molar refractivity (Wildman–Crippen MR) is 70.7 cm³/mol. The lowest BCUT2D eigenvalue weighted by atomic mass is 10.1. The fraction of sp³-hybridized carbons (Fsp3) is 0.571. The van der Waals surface area contributed by atoms with E-state index >= 15 is 0 Å². The van der Waals surface area contributed by atoms with Gasteiger partial charge in [-0.2, -0.15) is 5.26 Å². The van der Waals surface area contributed by atoms with Gasteiger partial charge < -0.3 is 10.2 Å². The lowest BCUT2D eigenvalue weighted by Crippen LogP contribution is -2.49. The van der Waals surface area contributed by atoms with E-state index in [0.717, 1.165) is 43.9 Å². The zero-order valence-electron chi connectivity index (χ0n) is 10.7. The number of aryl methyl sites for hydroxylation is 2. The standard InChI is InChI=1S/C14H18N4/c1-10-9-18(6-5-16-10)14-12(8-15)7-11-3-2-4-13(11)17-14/h7,10,16H,2-6,9H2,1H3. The maximum atomic E-state index is 9.31. The molecule has 4 heteroatoms. The summed E-state index contributed by atoms with van der Waals surface area (Å²) in [5, 5.41) is 12.7. The van der Waals surface area contributed by atoms with E-state index in [9.17, 15) is 5.26 Å². The van der Waals surface area contributed by atoms with E-state index in [4.69, 9.17) is 4.98 Å². The largest absolute Gasteiger partial charge is 0.353 e. The molecule has 0 spiro atoms. The van der Waals surface area contributed by atoms with Crippen LogP contribution in [0.25, 0.3) is 0 Å². The molecule has 1 fully saturated rings. The number of anilines is 1. The summed E-state index contributed by atoms with van der Waals surface area (Å²) in [6.07, 6.45) is 3.32. The van der Waals surface area contributed by atoms with Crippen molar-refractivity contribution in [3.8, 4) is 6.07 Å². The molecule has 1 aromatic rings. The average Bonchev–Trinajstić information content (AvgIpc) is 2.84. The van der Waals surface area contributed by atoms with Crippen LogP contribution in [-0.4, -0.2) is 30.7 Å². The van der Waals surface area contributed by atoms with E-state index < -0.39 is 0 Å². The van der Waals surface area contributed by atoms with Crippen LogP contribution in [0.3, 0.4) is 0 Å². The number of fused-ring (bicyclic) bond motifs is 1. The van der Waals surface area contributed by atoms with Gasteiger partial charge >= 0.3 is 0 Å². The topological polar surface area (TPSA) is 52.0 Å². The van der Waals surface area contributed by atoms with Crippen LogP contribution < -0.4 is 10.2 Å². The number of hydrogen-bond acceptors (Lipinski definition) is 4. The van der Waals surface area contributed by atoms with Gasteiger partial charge in [0.2, 0.25) is 0 Å². The van der Waals surface area contributed by atoms with Gasteiger partial charge in [0.15, 0.2) is 0 Å². The number of nitrogens with one attached hydrogen (secondary N) is 1. The Morgan fingerprint density at radius 1 is 1.50 bits per heavy atom. The number of pyridine rings is 1. The van der Waals surface area contributed by atoms with Crippen molar-refractivity contribution < 1.29 is 0 Å². The molecule has 18 heavy (non-hydrogen) atoms. The van der Waals surface area contributed by atoms with Crippen molar-refractivity contribution in [2.45, 2.75) is 32.2 Å². The first-order chi connectivity index (χ1) is 8.78. The zero-order valence-corrected chi connectivity index (χ0v) is 10.7. The molecule has 0 bridgehead atoms. The monoisotopic (exact) mass is 242 g/mol. The Kier molecular flexibility index (Phi) is 2.92. The molecule has 1 saturated heterocycles. The molecule has 2 heterocycles. The van der Waals surface area contributed by atoms with Crippen LogP contribution in [-0.2, 0) is 12.8 Å². The van der Waals surface area contributed by atoms with Crippen molar-refractivity contribution >= 4 is 5.82 Å². The number of nitriles is 1. The van der Waals surface area contributed by atoms with Crippen LogP contribution in [0.1, 0.15) is 30.2 Å². The highest BCUT2D eigenvalue weighted by Crippen LogP contribution is 2.27.